The Kier molecular flexibility index (Phi) is 21.3. The zero-order valence-electron chi connectivity index (χ0n) is 27.7. The Labute approximate surface area is 289 Å². The van der Waals surface area contributed by atoms with E-state index in [-0.39, 0.29) is 49.8 Å². The standard InChI is InChI=1S/2C16H17NO.2C3H7O.Zr/c2*1-12-8-9-16(18)15(10-12)11-17-13(2)14-6-4-3-5-7-14;2*1-3(2)4;/h2*3-11,13,18H,1-2H3;2*3H,1-2H3;/q;;2*-1;+4/p-2/t2*13-;;;/m11.../s1. The van der Waals surface area contributed by atoms with Crippen LogP contribution in [0.25, 0.3) is 0 Å². The second kappa shape index (κ2) is 23.0. The van der Waals surface area contributed by atoms with Gasteiger partial charge in [-0.2, -0.15) is 0 Å². The molecule has 0 N–H and O–H groups in total. The van der Waals surface area contributed by atoms with E-state index in [1.54, 1.807) is 52.3 Å². The van der Waals surface area contributed by atoms with Gasteiger partial charge < -0.3 is 20.4 Å². The average Bonchev–Trinajstić information content (AvgIpc) is 2.98. The molecule has 0 aromatic heterocycles. The minimum atomic E-state index is -0.417. The summed E-state index contributed by atoms with van der Waals surface area (Å²) in [6.07, 6.45) is 2.51. The topological polar surface area (TPSA) is 117 Å². The van der Waals surface area contributed by atoms with E-state index in [9.17, 15) is 20.4 Å². The first kappa shape index (κ1) is 41.6. The normalized spacial score (nSPS) is 11.8. The van der Waals surface area contributed by atoms with Crippen molar-refractivity contribution < 1.29 is 46.6 Å². The van der Waals surface area contributed by atoms with E-state index in [0.717, 1.165) is 22.3 Å². The summed E-state index contributed by atoms with van der Waals surface area (Å²) in [7, 11) is 0. The Morgan fingerprint density at radius 1 is 0.511 bits per heavy atom. The number of aliphatic imine (C=N–C) groups is 2. The Hall–Kier alpha value is -3.38. The first-order chi connectivity index (χ1) is 20.8. The number of rotatable bonds is 6. The Bertz CT molecular complexity index is 1290. The van der Waals surface area contributed by atoms with Crippen LogP contribution < -0.4 is 20.4 Å². The minimum absolute atomic E-state index is 0. The van der Waals surface area contributed by atoms with E-state index in [2.05, 4.69) is 9.98 Å². The molecule has 0 heterocycles. The third-order valence-corrected chi connectivity index (χ3v) is 5.77. The van der Waals surface area contributed by atoms with E-state index in [1.807, 2.05) is 113 Å². The minimum Gasteiger partial charge on any atom is -0.872 e. The van der Waals surface area contributed by atoms with Crippen molar-refractivity contribution in [2.45, 2.75) is 79.7 Å². The summed E-state index contributed by atoms with van der Waals surface area (Å²) < 4.78 is 0. The van der Waals surface area contributed by atoms with Gasteiger partial charge in [0.15, 0.2) is 0 Å². The van der Waals surface area contributed by atoms with Gasteiger partial charge >= 0.3 is 26.2 Å². The van der Waals surface area contributed by atoms with Crippen molar-refractivity contribution in [3.05, 3.63) is 130 Å². The molecule has 4 aromatic rings. The van der Waals surface area contributed by atoms with Crippen LogP contribution in [0.4, 0.5) is 0 Å². The van der Waals surface area contributed by atoms with Crippen LogP contribution in [0.2, 0.25) is 0 Å². The molecule has 236 valence electrons. The molecule has 4 rings (SSSR count). The molecule has 0 aliphatic carbocycles. The van der Waals surface area contributed by atoms with Crippen LogP contribution >= 0.6 is 0 Å². The van der Waals surface area contributed by atoms with Crippen LogP contribution in [0.5, 0.6) is 11.5 Å². The number of hydrogen-bond donors (Lipinski definition) is 0. The second-order valence-electron chi connectivity index (χ2n) is 10.9. The molecule has 0 amide bonds. The molecule has 45 heavy (non-hydrogen) atoms. The molecule has 4 aromatic carbocycles. The quantitative estimate of drug-likeness (QED) is 0.231. The number of hydrogen-bond acceptors (Lipinski definition) is 6. The fraction of sp³-hybridized carbons (Fsp3) is 0.316. The fourth-order valence-electron chi connectivity index (χ4n) is 3.56. The molecule has 0 unspecified atom stereocenters. The van der Waals surface area contributed by atoms with Gasteiger partial charge in [-0.05, 0) is 49.9 Å². The molecule has 0 fully saturated rings. The van der Waals surface area contributed by atoms with Crippen molar-refractivity contribution in [2.75, 3.05) is 0 Å². The van der Waals surface area contributed by atoms with E-state index >= 15 is 0 Å². The van der Waals surface area contributed by atoms with Crippen molar-refractivity contribution in [3.63, 3.8) is 0 Å². The second-order valence-corrected chi connectivity index (χ2v) is 10.9. The average molecular weight is 686 g/mol. The summed E-state index contributed by atoms with van der Waals surface area (Å²) >= 11 is 0. The summed E-state index contributed by atoms with van der Waals surface area (Å²) in [4.78, 5) is 8.88. The number of aryl methyl sites for hydroxylation is 2. The Morgan fingerprint density at radius 2 is 0.800 bits per heavy atom. The summed E-state index contributed by atoms with van der Waals surface area (Å²) in [5.41, 5.74) is 5.74. The third-order valence-electron chi connectivity index (χ3n) is 5.77. The van der Waals surface area contributed by atoms with Gasteiger partial charge in [-0.15, -0.1) is 23.7 Å². The SMILES string of the molecule is CC(C)[O-].CC(C)[O-].Cc1ccc([O-])c(C=N[C@H](C)c2ccccc2)c1.Cc1ccc([O-])c(C=N[C@H](C)c2ccccc2)c1.[Zr+4]. The van der Waals surface area contributed by atoms with Crippen LogP contribution in [0.3, 0.4) is 0 Å². The maximum absolute atomic E-state index is 11.6. The van der Waals surface area contributed by atoms with Crippen molar-refractivity contribution in [3.8, 4) is 11.5 Å². The van der Waals surface area contributed by atoms with Crippen LogP contribution in [0, 0.1) is 13.8 Å². The van der Waals surface area contributed by atoms with Crippen LogP contribution in [0.15, 0.2) is 107 Å². The number of benzene rings is 4. The van der Waals surface area contributed by atoms with E-state index < -0.39 is 12.2 Å². The zero-order valence-corrected chi connectivity index (χ0v) is 30.2. The first-order valence-corrected chi connectivity index (χ1v) is 14.8. The van der Waals surface area contributed by atoms with Gasteiger partial charge in [0.25, 0.3) is 0 Å². The van der Waals surface area contributed by atoms with E-state index in [1.165, 1.54) is 0 Å². The largest absolute Gasteiger partial charge is 4.00 e. The molecule has 0 radical (unpaired) electrons. The van der Waals surface area contributed by atoms with Crippen molar-refractivity contribution in [2.24, 2.45) is 9.98 Å². The maximum Gasteiger partial charge on any atom is 4.00 e. The molecule has 0 aliphatic heterocycles. The fourth-order valence-corrected chi connectivity index (χ4v) is 3.56. The van der Waals surface area contributed by atoms with Gasteiger partial charge in [-0.1, -0.05) is 136 Å². The molecule has 0 spiro atoms. The molecule has 0 bridgehead atoms. The molecular weight excluding hydrogens is 640 g/mol. The smallest absolute Gasteiger partial charge is 0.872 e. The molecule has 0 aliphatic rings. The summed E-state index contributed by atoms with van der Waals surface area (Å²) in [5, 5.41) is 42.3. The Morgan fingerprint density at radius 3 is 1.09 bits per heavy atom. The molecule has 7 heteroatoms. The van der Waals surface area contributed by atoms with Crippen molar-refractivity contribution >= 4 is 12.4 Å². The Balaban J connectivity index is 0.000000684. The van der Waals surface area contributed by atoms with Gasteiger partial charge in [-0.25, -0.2) is 0 Å². The molecular formula is C38H46N2O4Zr. The van der Waals surface area contributed by atoms with Crippen LogP contribution in [-0.2, 0) is 26.2 Å². The predicted molar refractivity (Wildman–Crippen MR) is 176 cm³/mol. The van der Waals surface area contributed by atoms with Gasteiger partial charge in [0.05, 0.1) is 12.1 Å². The van der Waals surface area contributed by atoms with Crippen LogP contribution in [-0.4, -0.2) is 24.6 Å². The third kappa shape index (κ3) is 18.9. The summed E-state index contributed by atoms with van der Waals surface area (Å²) in [6, 6.07) is 30.8. The summed E-state index contributed by atoms with van der Waals surface area (Å²) in [5.74, 6) is 0.0363. The maximum atomic E-state index is 11.6. The molecule has 2 atom stereocenters. The van der Waals surface area contributed by atoms with Crippen LogP contribution in [0.1, 0.15) is 87.0 Å². The zero-order chi connectivity index (χ0) is 33.1. The van der Waals surface area contributed by atoms with Crippen molar-refractivity contribution in [1.29, 1.82) is 0 Å². The van der Waals surface area contributed by atoms with E-state index in [0.29, 0.717) is 11.1 Å². The van der Waals surface area contributed by atoms with Gasteiger partial charge in [-0.3, -0.25) is 9.98 Å². The monoisotopic (exact) mass is 684 g/mol. The molecule has 0 saturated heterocycles. The predicted octanol–water partition coefficient (Wildman–Crippen LogP) is 6.01. The van der Waals surface area contributed by atoms with E-state index in [4.69, 9.17) is 0 Å². The molecule has 6 nitrogen and oxygen atoms in total. The van der Waals surface area contributed by atoms with Crippen molar-refractivity contribution in [1.82, 2.24) is 0 Å². The summed E-state index contributed by atoms with van der Waals surface area (Å²) in [6.45, 7) is 14.4. The first-order valence-electron chi connectivity index (χ1n) is 14.8. The van der Waals surface area contributed by atoms with Gasteiger partial charge in [0.2, 0.25) is 0 Å². The molecule has 0 saturated carbocycles. The number of nitrogens with zero attached hydrogens (tertiary/aromatic N) is 2. The van der Waals surface area contributed by atoms with Gasteiger partial charge in [0, 0.05) is 12.4 Å². The van der Waals surface area contributed by atoms with Gasteiger partial charge in [0.1, 0.15) is 0 Å².